The minimum atomic E-state index is -4.33. The van der Waals surface area contributed by atoms with Gasteiger partial charge in [0.25, 0.3) is 5.69 Å². The molecule has 0 aliphatic rings. The van der Waals surface area contributed by atoms with Crippen LogP contribution < -0.4 is 4.72 Å². The summed E-state index contributed by atoms with van der Waals surface area (Å²) in [6.07, 6.45) is -1.93. The second-order valence-corrected chi connectivity index (χ2v) is 9.58. The van der Waals surface area contributed by atoms with E-state index in [1.165, 1.54) is 30.3 Å². The molecule has 2 atom stereocenters. The standard InChI is InChI=1S/C24H24N2O7S/c1-17-12-14-19(15-13-17)34(31,32)25-24(2,23(28)33-16-18-8-4-3-5-9-18)22(27)20-10-6-7-11-21(20)26(29)30/h3-15,22,25,27H,16H2,1-2H3/t22-,24-/m0/s1. The number of nitrogens with one attached hydrogen (secondary N) is 1. The normalized spacial score (nSPS) is 14.1. The highest BCUT2D eigenvalue weighted by atomic mass is 32.2. The van der Waals surface area contributed by atoms with Gasteiger partial charge in [0.1, 0.15) is 12.7 Å². The molecule has 10 heteroatoms. The summed E-state index contributed by atoms with van der Waals surface area (Å²) in [5.41, 5.74) is -1.53. The Kier molecular flexibility index (Phi) is 7.45. The quantitative estimate of drug-likeness (QED) is 0.270. The minimum Gasteiger partial charge on any atom is -0.459 e. The first-order chi connectivity index (χ1) is 16.0. The smallest absolute Gasteiger partial charge is 0.330 e. The molecular formula is C24H24N2O7S. The molecule has 0 saturated heterocycles. The molecule has 0 fully saturated rings. The summed E-state index contributed by atoms with van der Waals surface area (Å²) in [6, 6.07) is 19.8. The fraction of sp³-hybridized carbons (Fsp3) is 0.208. The lowest BCUT2D eigenvalue weighted by atomic mass is 9.89. The number of hydrogen-bond donors (Lipinski definition) is 2. The van der Waals surface area contributed by atoms with Crippen LogP contribution in [0, 0.1) is 17.0 Å². The van der Waals surface area contributed by atoms with Crippen LogP contribution in [0.4, 0.5) is 5.69 Å². The number of nitro benzene ring substituents is 1. The summed E-state index contributed by atoms with van der Waals surface area (Å²) >= 11 is 0. The summed E-state index contributed by atoms with van der Waals surface area (Å²) in [4.78, 5) is 23.9. The summed E-state index contributed by atoms with van der Waals surface area (Å²) in [7, 11) is -4.33. The highest BCUT2D eigenvalue weighted by Crippen LogP contribution is 2.34. The molecule has 0 bridgehead atoms. The maximum absolute atomic E-state index is 13.2. The van der Waals surface area contributed by atoms with Crippen molar-refractivity contribution in [2.75, 3.05) is 0 Å². The van der Waals surface area contributed by atoms with E-state index in [4.69, 9.17) is 4.74 Å². The molecule has 0 radical (unpaired) electrons. The number of carbonyl (C=O) groups is 1. The molecule has 3 aromatic rings. The average molecular weight is 485 g/mol. The van der Waals surface area contributed by atoms with Crippen molar-refractivity contribution >= 4 is 21.7 Å². The van der Waals surface area contributed by atoms with Crippen molar-refractivity contribution in [1.29, 1.82) is 0 Å². The van der Waals surface area contributed by atoms with E-state index < -0.39 is 38.2 Å². The number of ether oxygens (including phenoxy) is 1. The molecule has 0 aromatic heterocycles. The van der Waals surface area contributed by atoms with Crippen LogP contribution in [0.15, 0.2) is 83.8 Å². The molecule has 0 aliphatic heterocycles. The van der Waals surface area contributed by atoms with Crippen LogP contribution in [0.3, 0.4) is 0 Å². The molecular weight excluding hydrogens is 460 g/mol. The lowest BCUT2D eigenvalue weighted by Crippen LogP contribution is -2.56. The van der Waals surface area contributed by atoms with E-state index in [0.29, 0.717) is 5.56 Å². The van der Waals surface area contributed by atoms with Crippen LogP contribution in [0.1, 0.15) is 29.7 Å². The Morgan fingerprint density at radius 1 is 1.06 bits per heavy atom. The monoisotopic (exact) mass is 484 g/mol. The van der Waals surface area contributed by atoms with E-state index in [1.807, 2.05) is 0 Å². The maximum Gasteiger partial charge on any atom is 0.330 e. The molecule has 0 aliphatic carbocycles. The lowest BCUT2D eigenvalue weighted by Gasteiger charge is -2.32. The third-order valence-electron chi connectivity index (χ3n) is 5.29. The molecule has 2 N–H and O–H groups in total. The van der Waals surface area contributed by atoms with Crippen LogP contribution in [-0.4, -0.2) is 30.0 Å². The van der Waals surface area contributed by atoms with Gasteiger partial charge in [0.15, 0.2) is 5.54 Å². The first kappa shape index (κ1) is 25.0. The van der Waals surface area contributed by atoms with E-state index in [2.05, 4.69) is 4.72 Å². The second-order valence-electron chi connectivity index (χ2n) is 7.90. The second kappa shape index (κ2) is 10.1. The Labute approximate surface area is 197 Å². The Balaban J connectivity index is 2.02. The number of aliphatic hydroxyl groups is 1. The van der Waals surface area contributed by atoms with Gasteiger partial charge in [0.2, 0.25) is 10.0 Å². The van der Waals surface area contributed by atoms with Crippen molar-refractivity contribution in [2.24, 2.45) is 0 Å². The molecule has 3 aromatic carbocycles. The number of nitrogens with zero attached hydrogens (tertiary/aromatic N) is 1. The predicted molar refractivity (Wildman–Crippen MR) is 124 cm³/mol. The third kappa shape index (κ3) is 5.48. The molecule has 0 spiro atoms. The van der Waals surface area contributed by atoms with E-state index in [9.17, 15) is 28.4 Å². The Morgan fingerprint density at radius 3 is 2.26 bits per heavy atom. The van der Waals surface area contributed by atoms with Crippen molar-refractivity contribution in [3.63, 3.8) is 0 Å². The van der Waals surface area contributed by atoms with Gasteiger partial charge in [-0.2, -0.15) is 4.72 Å². The van der Waals surface area contributed by atoms with Crippen LogP contribution in [0.2, 0.25) is 0 Å². The Hall–Kier alpha value is -3.60. The highest BCUT2D eigenvalue weighted by molar-refractivity contribution is 7.89. The van der Waals surface area contributed by atoms with Gasteiger partial charge in [-0.1, -0.05) is 60.2 Å². The molecule has 3 rings (SSSR count). The highest BCUT2D eigenvalue weighted by Gasteiger charge is 2.48. The van der Waals surface area contributed by atoms with E-state index >= 15 is 0 Å². The van der Waals surface area contributed by atoms with Gasteiger partial charge in [-0.05, 0) is 37.6 Å². The molecule has 0 unspecified atom stereocenters. The number of sulfonamides is 1. The topological polar surface area (TPSA) is 136 Å². The fourth-order valence-electron chi connectivity index (χ4n) is 3.33. The number of esters is 1. The summed E-state index contributed by atoms with van der Waals surface area (Å²) < 4.78 is 33.8. The zero-order valence-corrected chi connectivity index (χ0v) is 19.4. The number of aliphatic hydroxyl groups excluding tert-OH is 1. The molecule has 34 heavy (non-hydrogen) atoms. The van der Waals surface area contributed by atoms with Gasteiger partial charge >= 0.3 is 5.97 Å². The number of carbonyl (C=O) groups excluding carboxylic acids is 1. The number of para-hydroxylation sites is 1. The van der Waals surface area contributed by atoms with E-state index in [0.717, 1.165) is 18.6 Å². The zero-order valence-electron chi connectivity index (χ0n) is 18.5. The molecule has 178 valence electrons. The molecule has 0 amide bonds. The van der Waals surface area contributed by atoms with Crippen LogP contribution in [0.25, 0.3) is 0 Å². The van der Waals surface area contributed by atoms with E-state index in [-0.39, 0.29) is 17.1 Å². The molecule has 0 saturated carbocycles. The molecule has 9 nitrogen and oxygen atoms in total. The SMILES string of the molecule is Cc1ccc(S(=O)(=O)N[C@](C)(C(=O)OCc2ccccc2)[C@@H](O)c2ccccc2[N+](=O)[O-])cc1. The first-order valence-electron chi connectivity index (χ1n) is 10.3. The zero-order chi connectivity index (χ0) is 24.9. The predicted octanol–water partition coefficient (Wildman–Crippen LogP) is 3.42. The van der Waals surface area contributed by atoms with Crippen molar-refractivity contribution in [3.05, 3.63) is 106 Å². The maximum atomic E-state index is 13.2. The van der Waals surface area contributed by atoms with Crippen molar-refractivity contribution in [3.8, 4) is 0 Å². The van der Waals surface area contributed by atoms with Crippen LogP contribution >= 0.6 is 0 Å². The van der Waals surface area contributed by atoms with Gasteiger partial charge in [-0.3, -0.25) is 10.1 Å². The fourth-order valence-corrected chi connectivity index (χ4v) is 4.70. The Morgan fingerprint density at radius 2 is 1.65 bits per heavy atom. The summed E-state index contributed by atoms with van der Waals surface area (Å²) in [5, 5.41) is 22.7. The van der Waals surface area contributed by atoms with Crippen molar-refractivity contribution in [2.45, 2.75) is 37.0 Å². The first-order valence-corrected chi connectivity index (χ1v) is 11.8. The van der Waals surface area contributed by atoms with Gasteiger partial charge < -0.3 is 9.84 Å². The lowest BCUT2D eigenvalue weighted by molar-refractivity contribution is -0.386. The summed E-state index contributed by atoms with van der Waals surface area (Å²) in [6.45, 7) is 2.73. The van der Waals surface area contributed by atoms with Crippen LogP contribution in [0.5, 0.6) is 0 Å². The molecule has 0 heterocycles. The van der Waals surface area contributed by atoms with Gasteiger partial charge in [-0.15, -0.1) is 0 Å². The summed E-state index contributed by atoms with van der Waals surface area (Å²) in [5.74, 6) is -1.10. The number of benzene rings is 3. The number of hydrogen-bond acceptors (Lipinski definition) is 7. The number of aryl methyl sites for hydroxylation is 1. The number of nitro groups is 1. The number of rotatable bonds is 9. The van der Waals surface area contributed by atoms with Crippen molar-refractivity contribution in [1.82, 2.24) is 4.72 Å². The van der Waals surface area contributed by atoms with E-state index in [1.54, 1.807) is 49.4 Å². The average Bonchev–Trinajstić information content (AvgIpc) is 2.82. The van der Waals surface area contributed by atoms with Gasteiger partial charge in [-0.25, -0.2) is 13.2 Å². The largest absolute Gasteiger partial charge is 0.459 e. The van der Waals surface area contributed by atoms with Gasteiger partial charge in [0, 0.05) is 6.07 Å². The van der Waals surface area contributed by atoms with Crippen molar-refractivity contribution < 1.29 is 28.0 Å². The third-order valence-corrected chi connectivity index (χ3v) is 6.87. The minimum absolute atomic E-state index is 0.144. The Bertz CT molecular complexity index is 1280. The van der Waals surface area contributed by atoms with Crippen LogP contribution in [-0.2, 0) is 26.2 Å². The van der Waals surface area contributed by atoms with Gasteiger partial charge in [0.05, 0.1) is 15.4 Å².